The Balaban J connectivity index is 1.76. The Kier molecular flexibility index (Phi) is 8.00. The number of esters is 2. The number of rotatable bonds is 7. The normalized spacial score (nSPS) is 11.1. The molecule has 0 N–H and O–H groups in total. The van der Waals surface area contributed by atoms with Crippen molar-refractivity contribution in [3.8, 4) is 5.75 Å². The fourth-order valence-electron chi connectivity index (χ4n) is 1.94. The second-order valence-electron chi connectivity index (χ2n) is 5.27. The number of carbonyl (C=O) groups excluding carboxylic acids is 2. The first kappa shape index (κ1) is 22.0. The molecule has 10 heteroatoms. The monoisotopic (exact) mass is 615 g/mol. The Morgan fingerprint density at radius 1 is 1.00 bits per heavy atom. The predicted molar refractivity (Wildman–Crippen MR) is 111 cm³/mol. The molecule has 144 valence electrons. The molecule has 0 aromatic heterocycles. The van der Waals surface area contributed by atoms with E-state index in [1.807, 2.05) is 6.07 Å². The van der Waals surface area contributed by atoms with Gasteiger partial charge in [0.2, 0.25) is 0 Å². The highest BCUT2D eigenvalue weighted by molar-refractivity contribution is 14.1. The number of hydrogen-bond acceptors (Lipinski definition) is 7. The summed E-state index contributed by atoms with van der Waals surface area (Å²) >= 11 is 4.29. The average Bonchev–Trinajstić information content (AvgIpc) is 2.60. The molecule has 0 aliphatic rings. The van der Waals surface area contributed by atoms with E-state index in [2.05, 4.69) is 45.2 Å². The van der Waals surface area contributed by atoms with Crippen molar-refractivity contribution in [1.82, 2.24) is 0 Å². The van der Waals surface area contributed by atoms with Crippen molar-refractivity contribution < 1.29 is 32.0 Å². The molecule has 0 bridgehead atoms. The zero-order valence-corrected chi connectivity index (χ0v) is 18.8. The molecule has 2 aromatic rings. The third kappa shape index (κ3) is 7.01. The maximum absolute atomic E-state index is 11.9. The van der Waals surface area contributed by atoms with Crippen LogP contribution in [0, 0.1) is 7.14 Å². The molecule has 0 aliphatic heterocycles. The Morgan fingerprint density at radius 3 is 2.26 bits per heavy atom. The van der Waals surface area contributed by atoms with E-state index >= 15 is 0 Å². The fourth-order valence-corrected chi connectivity index (χ4v) is 3.26. The van der Waals surface area contributed by atoms with E-state index in [0.717, 1.165) is 19.3 Å². The van der Waals surface area contributed by atoms with Crippen LogP contribution < -0.4 is 4.74 Å². The topological polar surface area (TPSA) is 110 Å². The largest absolute Gasteiger partial charge is 0.744 e. The zero-order chi connectivity index (χ0) is 20.0. The van der Waals surface area contributed by atoms with Crippen LogP contribution in [0.15, 0.2) is 47.4 Å². The molecule has 2 rings (SSSR count). The lowest BCUT2D eigenvalue weighted by molar-refractivity contribution is -0.134. The summed E-state index contributed by atoms with van der Waals surface area (Å²) in [5.74, 6) is -0.905. The van der Waals surface area contributed by atoms with Gasteiger partial charge >= 0.3 is 11.9 Å². The standard InChI is InChI=1S/C17H14I2O7S/c18-14-8-3-11(10-15(14)19)17(21)25-9-1-2-16(20)26-12-4-6-13(7-5-12)27(22,23)24/h3-8,10H,1-2,9H2,(H,22,23,24)/p-1. The average molecular weight is 615 g/mol. The molecule has 0 unspecified atom stereocenters. The molecule has 0 saturated carbocycles. The van der Waals surface area contributed by atoms with Gasteiger partial charge in [0.15, 0.2) is 0 Å². The predicted octanol–water partition coefficient (Wildman–Crippen LogP) is 3.34. The summed E-state index contributed by atoms with van der Waals surface area (Å²) in [6.07, 6.45) is 0.290. The smallest absolute Gasteiger partial charge is 0.338 e. The summed E-state index contributed by atoms with van der Waals surface area (Å²) in [5, 5.41) is 0. The van der Waals surface area contributed by atoms with Crippen molar-refractivity contribution in [2.24, 2.45) is 0 Å². The first-order valence-corrected chi connectivity index (χ1v) is 11.1. The van der Waals surface area contributed by atoms with E-state index in [9.17, 15) is 22.6 Å². The van der Waals surface area contributed by atoms with Gasteiger partial charge in [-0.1, -0.05) is 0 Å². The molecule has 0 saturated heterocycles. The first-order valence-electron chi connectivity index (χ1n) is 7.55. The molecule has 7 nitrogen and oxygen atoms in total. The van der Waals surface area contributed by atoms with Gasteiger partial charge in [-0.25, -0.2) is 13.2 Å². The highest BCUT2D eigenvalue weighted by Crippen LogP contribution is 2.18. The molecule has 0 spiro atoms. The molecule has 0 amide bonds. The summed E-state index contributed by atoms with van der Waals surface area (Å²) in [4.78, 5) is 23.3. The summed E-state index contributed by atoms with van der Waals surface area (Å²) in [7, 11) is -4.54. The van der Waals surface area contributed by atoms with Crippen LogP contribution in [-0.4, -0.2) is 31.5 Å². The quantitative estimate of drug-likeness (QED) is 0.155. The van der Waals surface area contributed by atoms with Gasteiger partial charge in [0.1, 0.15) is 15.9 Å². The number of benzene rings is 2. The summed E-state index contributed by atoms with van der Waals surface area (Å²) in [6, 6.07) is 9.79. The van der Waals surface area contributed by atoms with Gasteiger partial charge in [0, 0.05) is 13.6 Å². The second-order valence-corrected chi connectivity index (χ2v) is 8.97. The van der Waals surface area contributed by atoms with Crippen LogP contribution in [0.3, 0.4) is 0 Å². The van der Waals surface area contributed by atoms with Crippen molar-refractivity contribution in [3.63, 3.8) is 0 Å². The van der Waals surface area contributed by atoms with Crippen molar-refractivity contribution in [3.05, 3.63) is 55.2 Å². The van der Waals surface area contributed by atoms with E-state index in [4.69, 9.17) is 9.47 Å². The zero-order valence-electron chi connectivity index (χ0n) is 13.7. The summed E-state index contributed by atoms with van der Waals surface area (Å²) in [5.41, 5.74) is 0.441. The van der Waals surface area contributed by atoms with Crippen molar-refractivity contribution in [1.29, 1.82) is 0 Å². The lowest BCUT2D eigenvalue weighted by atomic mass is 10.2. The highest BCUT2D eigenvalue weighted by atomic mass is 127. The Bertz CT molecular complexity index is 940. The van der Waals surface area contributed by atoms with Gasteiger partial charge in [-0.2, -0.15) is 0 Å². The van der Waals surface area contributed by atoms with Crippen LogP contribution in [0.2, 0.25) is 0 Å². The maximum atomic E-state index is 11.9. The van der Waals surface area contributed by atoms with Gasteiger partial charge in [0.05, 0.1) is 17.1 Å². The van der Waals surface area contributed by atoms with Gasteiger partial charge in [-0.05, 0) is 94.1 Å². The van der Waals surface area contributed by atoms with E-state index in [0.29, 0.717) is 5.56 Å². The minimum absolute atomic E-state index is 0.0130. The van der Waals surface area contributed by atoms with Gasteiger partial charge in [-0.15, -0.1) is 0 Å². The van der Waals surface area contributed by atoms with E-state index in [-0.39, 0.29) is 25.2 Å². The SMILES string of the molecule is O=C(CCCOC(=O)c1ccc(I)c(I)c1)Oc1ccc(S(=O)(=O)[O-])cc1. The molecule has 0 heterocycles. The van der Waals surface area contributed by atoms with Gasteiger partial charge in [0.25, 0.3) is 0 Å². The molecule has 2 aromatic carbocycles. The summed E-state index contributed by atoms with van der Waals surface area (Å²) < 4.78 is 44.6. The van der Waals surface area contributed by atoms with Crippen LogP contribution in [0.25, 0.3) is 0 Å². The highest BCUT2D eigenvalue weighted by Gasteiger charge is 2.11. The number of halogens is 2. The molecule has 0 radical (unpaired) electrons. The van der Waals surface area contributed by atoms with Crippen LogP contribution >= 0.6 is 45.2 Å². The van der Waals surface area contributed by atoms with Crippen LogP contribution in [-0.2, 0) is 19.6 Å². The van der Waals surface area contributed by atoms with Crippen molar-refractivity contribution in [2.75, 3.05) is 6.61 Å². The Labute approximate surface area is 183 Å². The number of carbonyl (C=O) groups is 2. The van der Waals surface area contributed by atoms with Crippen LogP contribution in [0.1, 0.15) is 23.2 Å². The molecular weight excluding hydrogens is 602 g/mol. The van der Waals surface area contributed by atoms with Gasteiger partial charge < -0.3 is 14.0 Å². The van der Waals surface area contributed by atoms with E-state index in [1.54, 1.807) is 12.1 Å². The Hall–Kier alpha value is -1.25. The molecule has 0 aliphatic carbocycles. The van der Waals surface area contributed by atoms with Crippen molar-refractivity contribution in [2.45, 2.75) is 17.7 Å². The molecule has 0 fully saturated rings. The van der Waals surface area contributed by atoms with Crippen LogP contribution in [0.4, 0.5) is 0 Å². The fraction of sp³-hybridized carbons (Fsp3) is 0.176. The maximum Gasteiger partial charge on any atom is 0.338 e. The second kappa shape index (κ2) is 9.80. The van der Waals surface area contributed by atoms with E-state index in [1.165, 1.54) is 12.1 Å². The third-order valence-corrected chi connectivity index (χ3v) is 6.97. The molecule has 27 heavy (non-hydrogen) atoms. The molecule has 0 atom stereocenters. The first-order chi connectivity index (χ1) is 12.7. The third-order valence-electron chi connectivity index (χ3n) is 3.26. The lowest BCUT2D eigenvalue weighted by Gasteiger charge is -2.08. The van der Waals surface area contributed by atoms with E-state index < -0.39 is 27.0 Å². The van der Waals surface area contributed by atoms with Gasteiger partial charge in [-0.3, -0.25) is 4.79 Å². The van der Waals surface area contributed by atoms with Crippen molar-refractivity contribution >= 4 is 67.2 Å². The number of hydrogen-bond donors (Lipinski definition) is 0. The summed E-state index contributed by atoms with van der Waals surface area (Å²) in [6.45, 7) is 0.0594. The minimum atomic E-state index is -4.54. The Morgan fingerprint density at radius 2 is 1.67 bits per heavy atom. The minimum Gasteiger partial charge on any atom is -0.744 e. The molecular formula is C17H13I2O7S-. The van der Waals surface area contributed by atoms with Crippen LogP contribution in [0.5, 0.6) is 5.75 Å². The lowest BCUT2D eigenvalue weighted by Crippen LogP contribution is -2.11. The number of ether oxygens (including phenoxy) is 2.